The molecule has 1 aliphatic rings. The summed E-state index contributed by atoms with van der Waals surface area (Å²) in [7, 11) is 0. The van der Waals surface area contributed by atoms with Gasteiger partial charge in [-0.1, -0.05) is 24.3 Å². The average Bonchev–Trinajstić information content (AvgIpc) is 2.62. The maximum atomic E-state index is 12.4. The normalized spacial score (nSPS) is 17.7. The lowest BCUT2D eigenvalue weighted by atomic mass is 9.87. The molecule has 2 atom stereocenters. The molecule has 2 aromatic carbocycles. The molecular weight excluding hydrogens is 357 g/mol. The summed E-state index contributed by atoms with van der Waals surface area (Å²) in [5.74, 6) is -0.576. The SMILES string of the molecule is C[C@@H](N[C@@H]1CCCc2ccccc21)C(=O)Nc1ccc(OC(F)(F)F)cc1. The number of aryl methyl sites for hydroxylation is 1. The number of rotatable bonds is 5. The summed E-state index contributed by atoms with van der Waals surface area (Å²) in [5.41, 5.74) is 2.93. The van der Waals surface area contributed by atoms with Crippen molar-refractivity contribution in [2.24, 2.45) is 0 Å². The third-order valence-electron chi connectivity index (χ3n) is 4.57. The van der Waals surface area contributed by atoms with E-state index in [2.05, 4.69) is 27.5 Å². The van der Waals surface area contributed by atoms with Crippen LogP contribution in [0.4, 0.5) is 18.9 Å². The largest absolute Gasteiger partial charge is 0.573 e. The van der Waals surface area contributed by atoms with Crippen molar-refractivity contribution in [3.8, 4) is 5.75 Å². The molecular formula is C20H21F3N2O2. The van der Waals surface area contributed by atoms with Gasteiger partial charge in [0.15, 0.2) is 0 Å². The number of nitrogens with one attached hydrogen (secondary N) is 2. The van der Waals surface area contributed by atoms with E-state index in [1.807, 2.05) is 12.1 Å². The first-order valence-corrected chi connectivity index (χ1v) is 8.82. The van der Waals surface area contributed by atoms with Gasteiger partial charge in [0, 0.05) is 11.7 Å². The summed E-state index contributed by atoms with van der Waals surface area (Å²) in [5, 5.41) is 6.06. The lowest BCUT2D eigenvalue weighted by Crippen LogP contribution is -2.41. The Bertz CT molecular complexity index is 791. The predicted octanol–water partition coefficient (Wildman–Crippen LogP) is 4.58. The molecule has 0 saturated heterocycles. The molecule has 0 heterocycles. The highest BCUT2D eigenvalue weighted by Crippen LogP contribution is 2.30. The van der Waals surface area contributed by atoms with Gasteiger partial charge < -0.3 is 10.1 Å². The fourth-order valence-electron chi connectivity index (χ4n) is 3.29. The van der Waals surface area contributed by atoms with Crippen molar-refractivity contribution >= 4 is 11.6 Å². The van der Waals surface area contributed by atoms with Gasteiger partial charge in [-0.2, -0.15) is 0 Å². The Hall–Kier alpha value is -2.54. The summed E-state index contributed by atoms with van der Waals surface area (Å²) in [6.45, 7) is 1.77. The Morgan fingerprint density at radius 3 is 2.56 bits per heavy atom. The molecule has 0 bridgehead atoms. The molecule has 27 heavy (non-hydrogen) atoms. The summed E-state index contributed by atoms with van der Waals surface area (Å²) in [4.78, 5) is 12.4. The van der Waals surface area contributed by atoms with Crippen LogP contribution in [0.2, 0.25) is 0 Å². The van der Waals surface area contributed by atoms with E-state index in [4.69, 9.17) is 0 Å². The van der Waals surface area contributed by atoms with Crippen LogP contribution in [0, 0.1) is 0 Å². The van der Waals surface area contributed by atoms with Gasteiger partial charge in [-0.15, -0.1) is 13.2 Å². The van der Waals surface area contributed by atoms with Crippen LogP contribution in [-0.2, 0) is 11.2 Å². The molecule has 7 heteroatoms. The van der Waals surface area contributed by atoms with Crippen molar-refractivity contribution in [3.05, 3.63) is 59.7 Å². The minimum Gasteiger partial charge on any atom is -0.406 e. The Morgan fingerprint density at radius 1 is 1.15 bits per heavy atom. The highest BCUT2D eigenvalue weighted by Gasteiger charge is 2.31. The average molecular weight is 378 g/mol. The first-order chi connectivity index (χ1) is 12.8. The summed E-state index contributed by atoms with van der Waals surface area (Å²) >= 11 is 0. The van der Waals surface area contributed by atoms with Gasteiger partial charge >= 0.3 is 6.36 Å². The fraction of sp³-hybridized carbons (Fsp3) is 0.350. The minimum atomic E-state index is -4.74. The highest BCUT2D eigenvalue weighted by molar-refractivity contribution is 5.94. The van der Waals surface area contributed by atoms with E-state index in [9.17, 15) is 18.0 Å². The number of fused-ring (bicyclic) bond motifs is 1. The van der Waals surface area contributed by atoms with E-state index >= 15 is 0 Å². The number of carbonyl (C=O) groups is 1. The number of amides is 1. The van der Waals surface area contributed by atoms with E-state index in [0.717, 1.165) is 19.3 Å². The number of ether oxygens (including phenoxy) is 1. The maximum Gasteiger partial charge on any atom is 0.573 e. The fourth-order valence-corrected chi connectivity index (χ4v) is 3.29. The van der Waals surface area contributed by atoms with Gasteiger partial charge in [-0.05, 0) is 61.6 Å². The third kappa shape index (κ3) is 5.23. The molecule has 1 aliphatic carbocycles. The van der Waals surface area contributed by atoms with E-state index in [1.54, 1.807) is 6.92 Å². The van der Waals surface area contributed by atoms with Crippen LogP contribution in [0.5, 0.6) is 5.75 Å². The Labute approximate surface area is 155 Å². The van der Waals surface area contributed by atoms with Crippen LogP contribution in [-0.4, -0.2) is 18.3 Å². The first kappa shape index (κ1) is 19.2. The van der Waals surface area contributed by atoms with Crippen molar-refractivity contribution in [1.29, 1.82) is 0 Å². The molecule has 2 N–H and O–H groups in total. The van der Waals surface area contributed by atoms with Gasteiger partial charge in [-0.3, -0.25) is 10.1 Å². The second kappa shape index (κ2) is 8.00. The Balaban J connectivity index is 1.58. The standard InChI is InChI=1S/C20H21F3N2O2/c1-13(24-18-8-4-6-14-5-2-3-7-17(14)18)19(26)25-15-9-11-16(12-10-15)27-20(21,22)23/h2-3,5,7,9-13,18,24H,4,6,8H2,1H3,(H,25,26)/t13-,18-/m1/s1. The van der Waals surface area contributed by atoms with E-state index < -0.39 is 12.4 Å². The molecule has 0 aromatic heterocycles. The topological polar surface area (TPSA) is 50.4 Å². The van der Waals surface area contributed by atoms with Gasteiger partial charge in [-0.25, -0.2) is 0 Å². The van der Waals surface area contributed by atoms with Crippen LogP contribution in [0.1, 0.15) is 36.9 Å². The molecule has 0 spiro atoms. The van der Waals surface area contributed by atoms with Crippen molar-refractivity contribution in [1.82, 2.24) is 5.32 Å². The molecule has 0 fully saturated rings. The molecule has 1 amide bonds. The van der Waals surface area contributed by atoms with Gasteiger partial charge in [0.25, 0.3) is 0 Å². The molecule has 144 valence electrons. The lowest BCUT2D eigenvalue weighted by molar-refractivity contribution is -0.274. The molecule has 2 aromatic rings. The van der Waals surface area contributed by atoms with Gasteiger partial charge in [0.2, 0.25) is 5.91 Å². The van der Waals surface area contributed by atoms with Crippen LogP contribution in [0.3, 0.4) is 0 Å². The molecule has 0 unspecified atom stereocenters. The second-order valence-corrected chi connectivity index (χ2v) is 6.59. The molecule has 0 aliphatic heterocycles. The first-order valence-electron chi connectivity index (χ1n) is 8.82. The summed E-state index contributed by atoms with van der Waals surface area (Å²) in [6.07, 6.45) is -1.68. The number of hydrogen-bond acceptors (Lipinski definition) is 3. The minimum absolute atomic E-state index is 0.110. The van der Waals surface area contributed by atoms with Gasteiger partial charge in [0.1, 0.15) is 5.75 Å². The number of anilines is 1. The third-order valence-corrected chi connectivity index (χ3v) is 4.57. The van der Waals surface area contributed by atoms with E-state index in [-0.39, 0.29) is 17.7 Å². The quantitative estimate of drug-likeness (QED) is 0.801. The Kier molecular flexibility index (Phi) is 5.70. The maximum absolute atomic E-state index is 12.4. The van der Waals surface area contributed by atoms with Crippen molar-refractivity contribution in [3.63, 3.8) is 0 Å². The molecule has 3 rings (SSSR count). The van der Waals surface area contributed by atoms with Crippen LogP contribution < -0.4 is 15.4 Å². The monoisotopic (exact) mass is 378 g/mol. The molecule has 0 saturated carbocycles. The summed E-state index contributed by atoms with van der Waals surface area (Å²) < 4.78 is 40.4. The van der Waals surface area contributed by atoms with Crippen LogP contribution in [0.25, 0.3) is 0 Å². The molecule has 0 radical (unpaired) electrons. The predicted molar refractivity (Wildman–Crippen MR) is 96.5 cm³/mol. The second-order valence-electron chi connectivity index (χ2n) is 6.59. The van der Waals surface area contributed by atoms with Crippen LogP contribution in [0.15, 0.2) is 48.5 Å². The van der Waals surface area contributed by atoms with Crippen molar-refractivity contribution in [2.75, 3.05) is 5.32 Å². The van der Waals surface area contributed by atoms with E-state index in [1.165, 1.54) is 35.4 Å². The number of alkyl halides is 3. The van der Waals surface area contributed by atoms with Crippen LogP contribution >= 0.6 is 0 Å². The zero-order valence-corrected chi connectivity index (χ0v) is 14.8. The number of halogens is 3. The Morgan fingerprint density at radius 2 is 1.85 bits per heavy atom. The van der Waals surface area contributed by atoms with Crippen molar-refractivity contribution < 1.29 is 22.7 Å². The zero-order chi connectivity index (χ0) is 19.4. The zero-order valence-electron chi connectivity index (χ0n) is 14.8. The molecule has 4 nitrogen and oxygen atoms in total. The number of carbonyl (C=O) groups excluding carboxylic acids is 1. The number of benzene rings is 2. The lowest BCUT2D eigenvalue weighted by Gasteiger charge is -2.29. The highest BCUT2D eigenvalue weighted by atomic mass is 19.4. The summed E-state index contributed by atoms with van der Waals surface area (Å²) in [6, 6.07) is 12.9. The van der Waals surface area contributed by atoms with E-state index in [0.29, 0.717) is 5.69 Å². The van der Waals surface area contributed by atoms with Crippen molar-refractivity contribution in [2.45, 2.75) is 44.6 Å². The number of hydrogen-bond donors (Lipinski definition) is 2. The van der Waals surface area contributed by atoms with Gasteiger partial charge in [0.05, 0.1) is 6.04 Å². The smallest absolute Gasteiger partial charge is 0.406 e.